The van der Waals surface area contributed by atoms with Crippen LogP contribution in [-0.2, 0) is 9.47 Å². The summed E-state index contributed by atoms with van der Waals surface area (Å²) in [5, 5.41) is 0. The fourth-order valence-corrected chi connectivity index (χ4v) is 2.76. The van der Waals surface area contributed by atoms with E-state index in [1.54, 1.807) is 12.3 Å². The standard InChI is InChI=1S/C20H23N5O4/c1-27-18-16(15(21)8-9-22-14-6-4-3-5-7-14)23-20(24-17(18)19(26)28-2)25-10-12-29-13-11-25/h3-9H,10-13,21H2,1-2H3/b15-8-,22-9?. The lowest BCUT2D eigenvalue weighted by molar-refractivity contribution is 0.0589. The minimum absolute atomic E-state index is 0.0119. The number of ether oxygens (including phenoxy) is 3. The minimum atomic E-state index is -0.634. The van der Waals surface area contributed by atoms with Crippen molar-refractivity contribution >= 4 is 29.5 Å². The van der Waals surface area contributed by atoms with E-state index in [2.05, 4.69) is 15.0 Å². The van der Waals surface area contributed by atoms with Crippen molar-refractivity contribution in [2.45, 2.75) is 0 Å². The van der Waals surface area contributed by atoms with E-state index in [4.69, 9.17) is 19.9 Å². The van der Waals surface area contributed by atoms with Crippen LogP contribution < -0.4 is 15.4 Å². The number of para-hydroxylation sites is 1. The first-order valence-electron chi connectivity index (χ1n) is 9.06. The van der Waals surface area contributed by atoms with Gasteiger partial charge in [-0.05, 0) is 18.2 Å². The second-order valence-corrected chi connectivity index (χ2v) is 6.08. The number of carbonyl (C=O) groups is 1. The molecule has 152 valence electrons. The van der Waals surface area contributed by atoms with E-state index in [9.17, 15) is 4.79 Å². The summed E-state index contributed by atoms with van der Waals surface area (Å²) in [6, 6.07) is 9.45. The van der Waals surface area contributed by atoms with Crippen LogP contribution >= 0.6 is 0 Å². The van der Waals surface area contributed by atoms with E-state index in [1.807, 2.05) is 35.2 Å². The Balaban J connectivity index is 2.01. The fourth-order valence-electron chi connectivity index (χ4n) is 2.76. The number of aromatic nitrogens is 2. The Kier molecular flexibility index (Phi) is 6.75. The molecule has 1 fully saturated rings. The average molecular weight is 397 g/mol. The third-order valence-electron chi connectivity index (χ3n) is 4.24. The minimum Gasteiger partial charge on any atom is -0.492 e. The van der Waals surface area contributed by atoms with Crippen LogP contribution in [0.5, 0.6) is 5.75 Å². The molecule has 1 aliphatic heterocycles. The molecule has 9 nitrogen and oxygen atoms in total. The number of hydrogen-bond acceptors (Lipinski definition) is 9. The highest BCUT2D eigenvalue weighted by Gasteiger charge is 2.25. The Morgan fingerprint density at radius 3 is 2.52 bits per heavy atom. The Hall–Kier alpha value is -3.46. The Morgan fingerprint density at radius 2 is 1.86 bits per heavy atom. The predicted octanol–water partition coefficient (Wildman–Crippen LogP) is 1.81. The first kappa shape index (κ1) is 20.3. The van der Waals surface area contributed by atoms with E-state index in [1.165, 1.54) is 14.2 Å². The second-order valence-electron chi connectivity index (χ2n) is 6.08. The lowest BCUT2D eigenvalue weighted by Crippen LogP contribution is -2.38. The summed E-state index contributed by atoms with van der Waals surface area (Å²) < 4.78 is 15.6. The molecule has 0 radical (unpaired) electrons. The number of aliphatic imine (C=N–C) groups is 1. The Labute approximate surface area is 168 Å². The fraction of sp³-hybridized carbons (Fsp3) is 0.300. The highest BCUT2D eigenvalue weighted by Crippen LogP contribution is 2.28. The summed E-state index contributed by atoms with van der Waals surface area (Å²) in [6.45, 7) is 2.30. The third-order valence-corrected chi connectivity index (χ3v) is 4.24. The monoisotopic (exact) mass is 397 g/mol. The highest BCUT2D eigenvalue weighted by atomic mass is 16.5. The SMILES string of the molecule is COC(=O)c1nc(N2CCOCC2)nc(/C(N)=C/C=Nc2ccccc2)c1OC. The van der Waals surface area contributed by atoms with Gasteiger partial charge >= 0.3 is 5.97 Å². The molecule has 3 rings (SSSR count). The number of benzene rings is 1. The molecule has 0 amide bonds. The van der Waals surface area contributed by atoms with Crippen LogP contribution in [0.15, 0.2) is 41.4 Å². The number of rotatable bonds is 6. The molecule has 1 saturated heterocycles. The van der Waals surface area contributed by atoms with Gasteiger partial charge in [-0.2, -0.15) is 0 Å². The summed E-state index contributed by atoms with van der Waals surface area (Å²) in [7, 11) is 2.71. The van der Waals surface area contributed by atoms with Crippen LogP contribution in [-0.4, -0.2) is 62.7 Å². The number of morpholine rings is 1. The van der Waals surface area contributed by atoms with Gasteiger partial charge in [0.15, 0.2) is 11.4 Å². The van der Waals surface area contributed by atoms with Gasteiger partial charge in [-0.15, -0.1) is 0 Å². The van der Waals surface area contributed by atoms with Gasteiger partial charge in [-0.3, -0.25) is 4.99 Å². The molecule has 0 unspecified atom stereocenters. The van der Waals surface area contributed by atoms with Gasteiger partial charge < -0.3 is 24.8 Å². The number of anilines is 1. The largest absolute Gasteiger partial charge is 0.492 e. The van der Waals surface area contributed by atoms with Crippen molar-refractivity contribution in [3.8, 4) is 5.75 Å². The molecular weight excluding hydrogens is 374 g/mol. The first-order valence-corrected chi connectivity index (χ1v) is 9.06. The molecule has 0 atom stereocenters. The van der Waals surface area contributed by atoms with Crippen molar-refractivity contribution in [2.75, 3.05) is 45.4 Å². The Bertz CT molecular complexity index is 909. The van der Waals surface area contributed by atoms with Crippen LogP contribution in [0.1, 0.15) is 16.2 Å². The van der Waals surface area contributed by atoms with E-state index < -0.39 is 5.97 Å². The van der Waals surface area contributed by atoms with Gasteiger partial charge in [0, 0.05) is 19.3 Å². The molecule has 9 heteroatoms. The molecule has 0 spiro atoms. The summed E-state index contributed by atoms with van der Waals surface area (Å²) in [5.74, 6) is -0.123. The van der Waals surface area contributed by atoms with E-state index in [0.717, 1.165) is 5.69 Å². The molecule has 0 aliphatic carbocycles. The van der Waals surface area contributed by atoms with Gasteiger partial charge in [0.1, 0.15) is 5.69 Å². The van der Waals surface area contributed by atoms with E-state index >= 15 is 0 Å². The van der Waals surface area contributed by atoms with E-state index in [0.29, 0.717) is 37.9 Å². The molecule has 1 aromatic carbocycles. The zero-order valence-corrected chi connectivity index (χ0v) is 16.4. The maximum Gasteiger partial charge on any atom is 0.360 e. The lowest BCUT2D eigenvalue weighted by atomic mass is 10.2. The van der Waals surface area contributed by atoms with E-state index in [-0.39, 0.29) is 17.1 Å². The van der Waals surface area contributed by atoms with Crippen molar-refractivity contribution in [2.24, 2.45) is 10.7 Å². The van der Waals surface area contributed by atoms with Crippen molar-refractivity contribution in [3.63, 3.8) is 0 Å². The zero-order valence-electron chi connectivity index (χ0n) is 16.4. The number of carbonyl (C=O) groups excluding carboxylic acids is 1. The maximum atomic E-state index is 12.3. The van der Waals surface area contributed by atoms with Crippen molar-refractivity contribution < 1.29 is 19.0 Å². The van der Waals surface area contributed by atoms with Crippen molar-refractivity contribution in [1.29, 1.82) is 0 Å². The van der Waals surface area contributed by atoms with Gasteiger partial charge in [-0.25, -0.2) is 14.8 Å². The summed E-state index contributed by atoms with van der Waals surface area (Å²) in [4.78, 5) is 27.4. The molecule has 0 bridgehead atoms. The molecule has 1 aromatic heterocycles. The molecule has 29 heavy (non-hydrogen) atoms. The molecule has 2 heterocycles. The van der Waals surface area contributed by atoms with Gasteiger partial charge in [-0.1, -0.05) is 18.2 Å². The van der Waals surface area contributed by atoms with Crippen LogP contribution in [0.25, 0.3) is 5.70 Å². The first-order chi connectivity index (χ1) is 14.1. The van der Waals surface area contributed by atoms with Crippen molar-refractivity contribution in [3.05, 3.63) is 47.8 Å². The third kappa shape index (κ3) is 4.88. The van der Waals surface area contributed by atoms with Gasteiger partial charge in [0.25, 0.3) is 0 Å². The predicted molar refractivity (Wildman–Crippen MR) is 110 cm³/mol. The topological polar surface area (TPSA) is 112 Å². The van der Waals surface area contributed by atoms with Crippen LogP contribution in [0.4, 0.5) is 11.6 Å². The van der Waals surface area contributed by atoms with Gasteiger partial charge in [0.05, 0.1) is 38.8 Å². The van der Waals surface area contributed by atoms with Crippen molar-refractivity contribution in [1.82, 2.24) is 9.97 Å². The second kappa shape index (κ2) is 9.65. The number of allylic oxidation sites excluding steroid dienone is 1. The molecule has 2 aromatic rings. The molecular formula is C20H23N5O4. The average Bonchev–Trinajstić information content (AvgIpc) is 2.78. The smallest absolute Gasteiger partial charge is 0.360 e. The van der Waals surface area contributed by atoms with Crippen LogP contribution in [0.3, 0.4) is 0 Å². The normalized spacial score (nSPS) is 14.8. The Morgan fingerprint density at radius 1 is 1.17 bits per heavy atom. The summed E-state index contributed by atoms with van der Waals surface area (Å²) >= 11 is 0. The highest BCUT2D eigenvalue weighted by molar-refractivity contribution is 5.94. The number of nitrogens with zero attached hydrogens (tertiary/aromatic N) is 4. The number of esters is 1. The quantitative estimate of drug-likeness (QED) is 0.580. The summed E-state index contributed by atoms with van der Waals surface area (Å²) in [6.07, 6.45) is 3.17. The molecule has 0 saturated carbocycles. The number of hydrogen-bond donors (Lipinski definition) is 1. The molecule has 1 aliphatic rings. The van der Waals surface area contributed by atoms with Gasteiger partial charge in [0.2, 0.25) is 5.95 Å². The zero-order chi connectivity index (χ0) is 20.6. The van der Waals surface area contributed by atoms with Crippen LogP contribution in [0.2, 0.25) is 0 Å². The lowest BCUT2D eigenvalue weighted by Gasteiger charge is -2.27. The number of nitrogens with two attached hydrogens (primary N) is 1. The number of methoxy groups -OCH3 is 2. The maximum absolute atomic E-state index is 12.3. The van der Waals surface area contributed by atoms with Crippen LogP contribution in [0, 0.1) is 0 Å². The summed E-state index contributed by atoms with van der Waals surface area (Å²) in [5.41, 5.74) is 7.62. The molecule has 2 N–H and O–H groups in total.